The summed E-state index contributed by atoms with van der Waals surface area (Å²) in [6.45, 7) is -0.488. The number of sulfone groups is 1. The molecular weight excluding hydrogens is 428 g/mol. The molecule has 0 radical (unpaired) electrons. The summed E-state index contributed by atoms with van der Waals surface area (Å²) in [5.74, 6) is 0.667. The number of hydrogen-bond donors (Lipinski definition) is 1. The molecule has 170 valence electrons. The van der Waals surface area contributed by atoms with Crippen molar-refractivity contribution < 1.29 is 27.7 Å². The molecule has 0 aliphatic heterocycles. The molecule has 3 aromatic rings. The number of methoxy groups -OCH3 is 2. The second-order valence-electron chi connectivity index (χ2n) is 7.20. The lowest BCUT2D eigenvalue weighted by atomic mass is 9.79. The fourth-order valence-corrected chi connectivity index (χ4v) is 4.54. The highest BCUT2D eigenvalue weighted by Crippen LogP contribution is 2.45. The fourth-order valence-electron chi connectivity index (χ4n) is 3.72. The van der Waals surface area contributed by atoms with Crippen molar-refractivity contribution in [3.8, 4) is 11.5 Å². The summed E-state index contributed by atoms with van der Waals surface area (Å²) in [5.41, 5.74) is 1.25. The maximum Gasteiger partial charge on any atom is 0.154 e. The zero-order chi connectivity index (χ0) is 23.0. The molecule has 0 bridgehead atoms. The van der Waals surface area contributed by atoms with Gasteiger partial charge >= 0.3 is 0 Å². The Hall–Kier alpha value is -2.87. The number of hydrogen-bond acceptors (Lipinski definition) is 6. The molecule has 0 spiro atoms. The van der Waals surface area contributed by atoms with Crippen LogP contribution in [0.1, 0.15) is 16.7 Å². The third kappa shape index (κ3) is 5.12. The third-order valence-corrected chi connectivity index (χ3v) is 6.86. The minimum absolute atomic E-state index is 0.0681. The number of aliphatic hydroxyl groups is 1. The Morgan fingerprint density at radius 3 is 1.91 bits per heavy atom. The summed E-state index contributed by atoms with van der Waals surface area (Å²) in [6.07, 6.45) is 0. The molecule has 0 amide bonds. The van der Waals surface area contributed by atoms with E-state index in [1.165, 1.54) is 0 Å². The Morgan fingerprint density at radius 1 is 0.812 bits per heavy atom. The van der Waals surface area contributed by atoms with E-state index in [-0.39, 0.29) is 18.1 Å². The summed E-state index contributed by atoms with van der Waals surface area (Å²) in [4.78, 5) is 0. The molecule has 1 N–H and O–H groups in total. The molecule has 0 saturated heterocycles. The molecule has 0 aliphatic carbocycles. The van der Waals surface area contributed by atoms with Gasteiger partial charge < -0.3 is 19.3 Å². The zero-order valence-corrected chi connectivity index (χ0v) is 19.0. The van der Waals surface area contributed by atoms with Crippen molar-refractivity contribution in [1.29, 1.82) is 0 Å². The lowest BCUT2D eigenvalue weighted by Crippen LogP contribution is -2.35. The van der Waals surface area contributed by atoms with Gasteiger partial charge in [-0.25, -0.2) is 8.42 Å². The van der Waals surface area contributed by atoms with Crippen molar-refractivity contribution >= 4 is 9.84 Å². The predicted octanol–water partition coefficient (Wildman–Crippen LogP) is 3.42. The Balaban J connectivity index is 2.21. The van der Waals surface area contributed by atoms with Crippen LogP contribution in [0, 0.1) is 0 Å². The van der Waals surface area contributed by atoms with Gasteiger partial charge in [-0.3, -0.25) is 0 Å². The van der Waals surface area contributed by atoms with Gasteiger partial charge in [-0.1, -0.05) is 60.7 Å². The zero-order valence-electron chi connectivity index (χ0n) is 18.2. The molecule has 6 nitrogen and oxygen atoms in total. The topological polar surface area (TPSA) is 82.1 Å². The summed E-state index contributed by atoms with van der Waals surface area (Å²) < 4.78 is 42.1. The Morgan fingerprint density at radius 2 is 1.41 bits per heavy atom. The highest BCUT2D eigenvalue weighted by molar-refractivity contribution is 7.91. The first-order chi connectivity index (χ1) is 15.5. The maximum atomic E-state index is 12.3. The van der Waals surface area contributed by atoms with Crippen LogP contribution in [-0.2, 0) is 20.2 Å². The van der Waals surface area contributed by atoms with Gasteiger partial charge in [0.2, 0.25) is 0 Å². The van der Waals surface area contributed by atoms with Gasteiger partial charge in [0.1, 0.15) is 17.1 Å². The van der Waals surface area contributed by atoms with Gasteiger partial charge in [0.15, 0.2) is 9.84 Å². The van der Waals surface area contributed by atoms with E-state index in [1.54, 1.807) is 20.3 Å². The summed E-state index contributed by atoms with van der Waals surface area (Å²) >= 11 is 0. The first-order valence-corrected chi connectivity index (χ1v) is 12.1. The smallest absolute Gasteiger partial charge is 0.154 e. The molecule has 0 atom stereocenters. The molecule has 0 aliphatic rings. The van der Waals surface area contributed by atoms with Crippen molar-refractivity contribution in [3.05, 3.63) is 95.6 Å². The molecule has 0 saturated carbocycles. The van der Waals surface area contributed by atoms with Crippen LogP contribution in [0.25, 0.3) is 0 Å². The Kier molecular flexibility index (Phi) is 7.90. The summed E-state index contributed by atoms with van der Waals surface area (Å²) in [7, 11) is -0.297. The Labute approximate surface area is 189 Å². The van der Waals surface area contributed by atoms with E-state index in [0.717, 1.165) is 16.7 Å². The highest BCUT2D eigenvalue weighted by Gasteiger charge is 2.40. The monoisotopic (exact) mass is 456 g/mol. The standard InChI is InChI=1S/C25H28O6S/c1-29-22-13-14-23(24(19-22)30-2)25(20-9-5-3-6-10-20,21-11-7-4-8-12-21)31-16-18-32(27,28)17-15-26/h3-14,19,26H,15-18H2,1-2H3. The average Bonchev–Trinajstić information content (AvgIpc) is 2.82. The molecule has 0 fully saturated rings. The van der Waals surface area contributed by atoms with Crippen LogP contribution in [0.15, 0.2) is 78.9 Å². The van der Waals surface area contributed by atoms with Crippen LogP contribution < -0.4 is 9.47 Å². The van der Waals surface area contributed by atoms with Gasteiger partial charge in [0.25, 0.3) is 0 Å². The van der Waals surface area contributed by atoms with E-state index in [1.807, 2.05) is 72.8 Å². The number of rotatable bonds is 11. The van der Waals surface area contributed by atoms with Gasteiger partial charge in [-0.15, -0.1) is 0 Å². The Bertz CT molecular complexity index is 1060. The fraction of sp³-hybridized carbons (Fsp3) is 0.280. The van der Waals surface area contributed by atoms with Gasteiger partial charge in [-0.2, -0.15) is 0 Å². The molecule has 3 rings (SSSR count). The summed E-state index contributed by atoms with van der Waals surface area (Å²) in [6, 6.07) is 24.7. The normalized spacial score (nSPS) is 11.8. The van der Waals surface area contributed by atoms with Crippen LogP contribution in [0.5, 0.6) is 11.5 Å². The second kappa shape index (κ2) is 10.6. The van der Waals surface area contributed by atoms with Crippen LogP contribution in [0.2, 0.25) is 0 Å². The predicted molar refractivity (Wildman–Crippen MR) is 124 cm³/mol. The first kappa shape index (κ1) is 23.8. The van der Waals surface area contributed by atoms with E-state index in [2.05, 4.69) is 0 Å². The molecule has 32 heavy (non-hydrogen) atoms. The second-order valence-corrected chi connectivity index (χ2v) is 9.51. The van der Waals surface area contributed by atoms with E-state index in [9.17, 15) is 8.42 Å². The summed E-state index contributed by atoms with van der Waals surface area (Å²) in [5, 5.41) is 9.06. The molecule has 0 unspecified atom stereocenters. The van der Waals surface area contributed by atoms with Gasteiger partial charge in [-0.05, 0) is 23.3 Å². The van der Waals surface area contributed by atoms with Crippen LogP contribution >= 0.6 is 0 Å². The number of ether oxygens (including phenoxy) is 3. The van der Waals surface area contributed by atoms with E-state index in [4.69, 9.17) is 19.3 Å². The van der Waals surface area contributed by atoms with E-state index >= 15 is 0 Å². The third-order valence-electron chi connectivity index (χ3n) is 5.26. The van der Waals surface area contributed by atoms with Crippen molar-refractivity contribution in [2.24, 2.45) is 0 Å². The molecule has 3 aromatic carbocycles. The largest absolute Gasteiger partial charge is 0.497 e. The number of benzene rings is 3. The van der Waals surface area contributed by atoms with Crippen LogP contribution in [-0.4, -0.2) is 52.5 Å². The van der Waals surface area contributed by atoms with Crippen LogP contribution in [0.4, 0.5) is 0 Å². The van der Waals surface area contributed by atoms with Crippen molar-refractivity contribution in [3.63, 3.8) is 0 Å². The van der Waals surface area contributed by atoms with Crippen molar-refractivity contribution in [2.75, 3.05) is 38.9 Å². The van der Waals surface area contributed by atoms with Gasteiger partial charge in [0.05, 0.1) is 38.9 Å². The van der Waals surface area contributed by atoms with Gasteiger partial charge in [0, 0.05) is 11.6 Å². The highest BCUT2D eigenvalue weighted by atomic mass is 32.2. The SMILES string of the molecule is COc1ccc(C(OCCS(=O)(=O)CCO)(c2ccccc2)c2ccccc2)c(OC)c1. The van der Waals surface area contributed by atoms with Crippen LogP contribution in [0.3, 0.4) is 0 Å². The lowest BCUT2D eigenvalue weighted by molar-refractivity contribution is 0.0210. The maximum absolute atomic E-state index is 12.3. The minimum Gasteiger partial charge on any atom is -0.497 e. The molecule has 0 heterocycles. The number of aliphatic hydroxyl groups excluding tert-OH is 1. The van der Waals surface area contributed by atoms with E-state index in [0.29, 0.717) is 11.5 Å². The quantitative estimate of drug-likeness (QED) is 0.445. The molecule has 7 heteroatoms. The average molecular weight is 457 g/mol. The van der Waals surface area contributed by atoms with E-state index < -0.39 is 22.0 Å². The molecular formula is C25H28O6S. The lowest BCUT2D eigenvalue weighted by Gasteiger charge is -2.36. The van der Waals surface area contributed by atoms with Crippen molar-refractivity contribution in [2.45, 2.75) is 5.60 Å². The first-order valence-electron chi connectivity index (χ1n) is 10.3. The molecule has 0 aromatic heterocycles. The van der Waals surface area contributed by atoms with Crippen molar-refractivity contribution in [1.82, 2.24) is 0 Å². The minimum atomic E-state index is -3.45.